The zero-order valence-corrected chi connectivity index (χ0v) is 9.57. The van der Waals surface area contributed by atoms with Crippen LogP contribution in [0.1, 0.15) is 12.0 Å². The maximum Gasteiger partial charge on any atom is 0.0679 e. The van der Waals surface area contributed by atoms with Gasteiger partial charge in [-0.3, -0.25) is 4.90 Å². The van der Waals surface area contributed by atoms with E-state index in [1.807, 2.05) is 12.1 Å². The van der Waals surface area contributed by atoms with Gasteiger partial charge < -0.3 is 5.11 Å². The van der Waals surface area contributed by atoms with Crippen LogP contribution < -0.4 is 0 Å². The molecule has 2 nitrogen and oxygen atoms in total. The molecule has 0 unspecified atom stereocenters. The third-order valence-corrected chi connectivity index (χ3v) is 3.37. The lowest BCUT2D eigenvalue weighted by Gasteiger charge is -2.15. The van der Waals surface area contributed by atoms with Gasteiger partial charge in [-0.2, -0.15) is 0 Å². The number of hydrogen-bond acceptors (Lipinski definition) is 2. The second-order valence-corrected chi connectivity index (χ2v) is 4.62. The maximum atomic E-state index is 9.39. The average molecular weight is 256 g/mol. The van der Waals surface area contributed by atoms with Gasteiger partial charge in [0.2, 0.25) is 0 Å². The summed E-state index contributed by atoms with van der Waals surface area (Å²) < 4.78 is 1.15. The molecular weight excluding hydrogens is 242 g/mol. The molecule has 1 aromatic rings. The van der Waals surface area contributed by atoms with E-state index < -0.39 is 0 Å². The Kier molecular flexibility index (Phi) is 3.21. The fourth-order valence-corrected chi connectivity index (χ4v) is 2.23. The third-order valence-electron chi connectivity index (χ3n) is 2.60. The predicted octanol–water partition coefficient (Wildman–Crippen LogP) is 2.02. The molecule has 76 valence electrons. The summed E-state index contributed by atoms with van der Waals surface area (Å²) in [6, 6.07) is 8.25. The highest BCUT2D eigenvalue weighted by Gasteiger charge is 2.20. The molecule has 0 spiro atoms. The molecule has 14 heavy (non-hydrogen) atoms. The van der Waals surface area contributed by atoms with Crippen molar-refractivity contribution < 1.29 is 5.11 Å². The Morgan fingerprint density at radius 3 is 2.86 bits per heavy atom. The lowest BCUT2D eigenvalue weighted by Crippen LogP contribution is -2.21. The van der Waals surface area contributed by atoms with Gasteiger partial charge in [0.25, 0.3) is 0 Å². The Hall–Kier alpha value is -0.380. The minimum Gasteiger partial charge on any atom is -0.392 e. The lowest BCUT2D eigenvalue weighted by atomic mass is 10.2. The normalized spacial score (nSPS) is 22.9. The summed E-state index contributed by atoms with van der Waals surface area (Å²) >= 11 is 3.53. The molecule has 2 rings (SSSR count). The fraction of sp³-hybridized carbons (Fsp3) is 0.455. The van der Waals surface area contributed by atoms with E-state index in [0.29, 0.717) is 0 Å². The number of likely N-dealkylation sites (tertiary alicyclic amines) is 1. The molecule has 1 aromatic carbocycles. The van der Waals surface area contributed by atoms with Crippen LogP contribution in [0.15, 0.2) is 28.7 Å². The highest BCUT2D eigenvalue weighted by molar-refractivity contribution is 9.10. The second-order valence-electron chi connectivity index (χ2n) is 3.77. The van der Waals surface area contributed by atoms with Crippen molar-refractivity contribution in [3.05, 3.63) is 34.3 Å². The van der Waals surface area contributed by atoms with Crippen molar-refractivity contribution in [2.45, 2.75) is 19.1 Å². The van der Waals surface area contributed by atoms with Crippen molar-refractivity contribution in [1.29, 1.82) is 0 Å². The molecule has 0 saturated carbocycles. The molecule has 3 heteroatoms. The molecule has 1 fully saturated rings. The first-order valence-corrected chi connectivity index (χ1v) is 5.69. The second kappa shape index (κ2) is 4.43. The first-order chi connectivity index (χ1) is 6.75. The summed E-state index contributed by atoms with van der Waals surface area (Å²) in [5.74, 6) is 0. The molecular formula is C11H14BrNO. The summed E-state index contributed by atoms with van der Waals surface area (Å²) in [7, 11) is 0. The highest BCUT2D eigenvalue weighted by Crippen LogP contribution is 2.20. The zero-order valence-electron chi connectivity index (χ0n) is 7.99. The minimum atomic E-state index is -0.127. The van der Waals surface area contributed by atoms with Gasteiger partial charge in [0.15, 0.2) is 0 Å². The topological polar surface area (TPSA) is 23.5 Å². The number of hydrogen-bond donors (Lipinski definition) is 1. The highest BCUT2D eigenvalue weighted by atomic mass is 79.9. The van der Waals surface area contributed by atoms with Crippen molar-refractivity contribution in [3.8, 4) is 0 Å². The van der Waals surface area contributed by atoms with E-state index in [2.05, 4.69) is 33.0 Å². The summed E-state index contributed by atoms with van der Waals surface area (Å²) in [4.78, 5) is 2.28. The van der Waals surface area contributed by atoms with E-state index in [0.717, 1.165) is 30.5 Å². The van der Waals surface area contributed by atoms with Crippen molar-refractivity contribution in [2.24, 2.45) is 0 Å². The van der Waals surface area contributed by atoms with Gasteiger partial charge in [-0.25, -0.2) is 0 Å². The largest absolute Gasteiger partial charge is 0.392 e. The number of rotatable bonds is 2. The molecule has 1 aliphatic rings. The van der Waals surface area contributed by atoms with E-state index in [9.17, 15) is 5.11 Å². The van der Waals surface area contributed by atoms with Gasteiger partial charge >= 0.3 is 0 Å². The molecule has 1 atom stereocenters. The number of benzene rings is 1. The molecule has 0 amide bonds. The Bertz CT molecular complexity index is 316. The van der Waals surface area contributed by atoms with Crippen LogP contribution in [0.2, 0.25) is 0 Å². The van der Waals surface area contributed by atoms with Crippen LogP contribution in [0, 0.1) is 0 Å². The minimum absolute atomic E-state index is 0.127. The van der Waals surface area contributed by atoms with Crippen LogP contribution in [0.4, 0.5) is 0 Å². The van der Waals surface area contributed by atoms with E-state index in [-0.39, 0.29) is 6.10 Å². The van der Waals surface area contributed by atoms with Crippen LogP contribution in [0.25, 0.3) is 0 Å². The summed E-state index contributed by atoms with van der Waals surface area (Å²) in [6.07, 6.45) is 0.780. The van der Waals surface area contributed by atoms with E-state index in [1.165, 1.54) is 5.56 Å². The number of halogens is 1. The van der Waals surface area contributed by atoms with Crippen molar-refractivity contribution in [1.82, 2.24) is 4.90 Å². The number of nitrogens with zero attached hydrogens (tertiary/aromatic N) is 1. The van der Waals surface area contributed by atoms with Crippen LogP contribution in [0.3, 0.4) is 0 Å². The SMILES string of the molecule is O[C@@H]1CCN(Cc2ccccc2Br)C1. The Labute approximate surface area is 92.7 Å². The van der Waals surface area contributed by atoms with Crippen molar-refractivity contribution in [3.63, 3.8) is 0 Å². The first-order valence-electron chi connectivity index (χ1n) is 4.89. The molecule has 0 aromatic heterocycles. The Morgan fingerprint density at radius 1 is 1.43 bits per heavy atom. The standard InChI is InChI=1S/C11H14BrNO/c12-11-4-2-1-3-9(11)7-13-6-5-10(14)8-13/h1-4,10,14H,5-8H2/t10-/m1/s1. The van der Waals surface area contributed by atoms with Gasteiger partial charge in [0, 0.05) is 24.1 Å². The van der Waals surface area contributed by atoms with Crippen LogP contribution in [-0.4, -0.2) is 29.2 Å². The quantitative estimate of drug-likeness (QED) is 0.875. The van der Waals surface area contributed by atoms with E-state index in [4.69, 9.17) is 0 Å². The van der Waals surface area contributed by atoms with Gasteiger partial charge in [-0.15, -0.1) is 0 Å². The molecule has 0 bridgehead atoms. The molecule has 1 N–H and O–H groups in total. The maximum absolute atomic E-state index is 9.39. The number of aliphatic hydroxyl groups is 1. The fourth-order valence-electron chi connectivity index (χ4n) is 1.82. The number of β-amino-alcohol motifs (C(OH)–C–C–N with tert-alkyl or cyclic N) is 1. The Morgan fingerprint density at radius 2 is 2.21 bits per heavy atom. The van der Waals surface area contributed by atoms with Crippen LogP contribution in [0.5, 0.6) is 0 Å². The predicted molar refractivity (Wildman–Crippen MR) is 60.0 cm³/mol. The smallest absolute Gasteiger partial charge is 0.0679 e. The lowest BCUT2D eigenvalue weighted by molar-refractivity contribution is 0.174. The summed E-state index contributed by atoms with van der Waals surface area (Å²) in [5, 5.41) is 9.39. The summed E-state index contributed by atoms with van der Waals surface area (Å²) in [6.45, 7) is 2.74. The molecule has 1 heterocycles. The number of aliphatic hydroxyl groups excluding tert-OH is 1. The van der Waals surface area contributed by atoms with Crippen LogP contribution >= 0.6 is 15.9 Å². The average Bonchev–Trinajstić information content (AvgIpc) is 2.56. The van der Waals surface area contributed by atoms with Gasteiger partial charge in [-0.05, 0) is 18.1 Å². The third kappa shape index (κ3) is 2.35. The van der Waals surface area contributed by atoms with E-state index >= 15 is 0 Å². The molecule has 1 aliphatic heterocycles. The van der Waals surface area contributed by atoms with Gasteiger partial charge in [0.1, 0.15) is 0 Å². The van der Waals surface area contributed by atoms with Gasteiger partial charge in [-0.1, -0.05) is 34.1 Å². The van der Waals surface area contributed by atoms with Crippen molar-refractivity contribution in [2.75, 3.05) is 13.1 Å². The van der Waals surface area contributed by atoms with Crippen LogP contribution in [-0.2, 0) is 6.54 Å². The summed E-state index contributed by atoms with van der Waals surface area (Å²) in [5.41, 5.74) is 1.29. The first kappa shape index (κ1) is 10.1. The molecule has 0 radical (unpaired) electrons. The van der Waals surface area contributed by atoms with Crippen molar-refractivity contribution >= 4 is 15.9 Å². The Balaban J connectivity index is 2.01. The monoisotopic (exact) mass is 255 g/mol. The molecule has 0 aliphatic carbocycles. The van der Waals surface area contributed by atoms with E-state index in [1.54, 1.807) is 0 Å². The van der Waals surface area contributed by atoms with Gasteiger partial charge in [0.05, 0.1) is 6.10 Å². The zero-order chi connectivity index (χ0) is 9.97. The molecule has 1 saturated heterocycles.